The molecule has 0 aliphatic heterocycles. The van der Waals surface area contributed by atoms with E-state index >= 15 is 0 Å². The minimum Gasteiger partial charge on any atom is -0.309 e. The summed E-state index contributed by atoms with van der Waals surface area (Å²) in [5, 5.41) is 0. The van der Waals surface area contributed by atoms with Gasteiger partial charge in [0.25, 0.3) is 0 Å². The van der Waals surface area contributed by atoms with Crippen molar-refractivity contribution in [2.45, 2.75) is 111 Å². The molecule has 0 rings (SSSR count). The Morgan fingerprint density at radius 2 is 1.00 bits per heavy atom. The number of hydrogen-bond acceptors (Lipinski definition) is 3. The molecule has 0 saturated heterocycles. The molecule has 0 amide bonds. The van der Waals surface area contributed by atoms with Crippen molar-refractivity contribution in [3.05, 3.63) is 0 Å². The Labute approximate surface area is 151 Å². The summed E-state index contributed by atoms with van der Waals surface area (Å²) in [6.45, 7) is 7.03. The minimum atomic E-state index is -2.79. The maximum absolute atomic E-state index is 12.1. The van der Waals surface area contributed by atoms with E-state index in [1.807, 2.05) is 13.8 Å². The van der Waals surface area contributed by atoms with Crippen LogP contribution in [0.25, 0.3) is 0 Å². The van der Waals surface area contributed by atoms with Gasteiger partial charge in [0.2, 0.25) is 0 Å². The molecule has 0 bridgehead atoms. The van der Waals surface area contributed by atoms with Crippen LogP contribution in [-0.4, -0.2) is 19.4 Å². The Balaban J connectivity index is 3.21. The molecule has 0 radical (unpaired) electrons. The second-order valence-corrected chi connectivity index (χ2v) is 9.14. The SMILES string of the molecule is CCCCCCCCCCCCCCCCOP(=O)(CC)OCC. The molecule has 0 N–H and O–H groups in total. The van der Waals surface area contributed by atoms with Crippen LogP contribution in [0.4, 0.5) is 0 Å². The average molecular weight is 363 g/mol. The predicted octanol–water partition coefficient (Wildman–Crippen LogP) is 7.73. The third-order valence-electron chi connectivity index (χ3n) is 4.50. The lowest BCUT2D eigenvalue weighted by atomic mass is 10.0. The maximum Gasteiger partial charge on any atom is 0.330 e. The highest BCUT2D eigenvalue weighted by molar-refractivity contribution is 7.53. The third kappa shape index (κ3) is 15.7. The van der Waals surface area contributed by atoms with Crippen molar-refractivity contribution in [3.8, 4) is 0 Å². The lowest BCUT2D eigenvalue weighted by Crippen LogP contribution is -1.99. The van der Waals surface area contributed by atoms with E-state index in [1.165, 1.54) is 83.5 Å². The smallest absolute Gasteiger partial charge is 0.309 e. The fourth-order valence-corrected chi connectivity index (χ4v) is 4.16. The lowest BCUT2D eigenvalue weighted by molar-refractivity contribution is 0.209. The third-order valence-corrected chi connectivity index (χ3v) is 6.50. The van der Waals surface area contributed by atoms with E-state index in [0.717, 1.165) is 6.42 Å². The summed E-state index contributed by atoms with van der Waals surface area (Å²) in [4.78, 5) is 0. The second-order valence-electron chi connectivity index (χ2n) is 6.77. The molecule has 0 aromatic carbocycles. The normalized spacial score (nSPS) is 14.0. The zero-order valence-corrected chi connectivity index (χ0v) is 17.6. The van der Waals surface area contributed by atoms with E-state index in [4.69, 9.17) is 9.05 Å². The summed E-state index contributed by atoms with van der Waals surface area (Å²) in [6.07, 6.45) is 19.3. The summed E-state index contributed by atoms with van der Waals surface area (Å²) in [5.74, 6) is 0. The van der Waals surface area contributed by atoms with Crippen LogP contribution in [0.1, 0.15) is 111 Å². The molecule has 0 aromatic heterocycles. The maximum atomic E-state index is 12.1. The molecule has 146 valence electrons. The first-order valence-electron chi connectivity index (χ1n) is 10.6. The number of rotatable bonds is 19. The van der Waals surface area contributed by atoms with E-state index in [1.54, 1.807) is 0 Å². The molecule has 4 heteroatoms. The van der Waals surface area contributed by atoms with Gasteiger partial charge in [-0.15, -0.1) is 0 Å². The molecule has 0 aliphatic rings. The molecule has 3 nitrogen and oxygen atoms in total. The van der Waals surface area contributed by atoms with Gasteiger partial charge < -0.3 is 9.05 Å². The fraction of sp³-hybridized carbons (Fsp3) is 1.00. The van der Waals surface area contributed by atoms with Crippen molar-refractivity contribution in [2.75, 3.05) is 19.4 Å². The van der Waals surface area contributed by atoms with Gasteiger partial charge in [0.1, 0.15) is 0 Å². The van der Waals surface area contributed by atoms with Gasteiger partial charge in [-0.2, -0.15) is 0 Å². The summed E-state index contributed by atoms with van der Waals surface area (Å²) < 4.78 is 22.8. The summed E-state index contributed by atoms with van der Waals surface area (Å²) in [5.41, 5.74) is 0. The zero-order valence-electron chi connectivity index (χ0n) is 16.7. The number of hydrogen-bond donors (Lipinski definition) is 0. The Morgan fingerprint density at radius 1 is 0.583 bits per heavy atom. The first-order valence-corrected chi connectivity index (χ1v) is 12.3. The highest BCUT2D eigenvalue weighted by Gasteiger charge is 2.20. The van der Waals surface area contributed by atoms with E-state index in [0.29, 0.717) is 19.4 Å². The minimum absolute atomic E-state index is 0.462. The van der Waals surface area contributed by atoms with Crippen LogP contribution in [0.3, 0.4) is 0 Å². The first-order chi connectivity index (χ1) is 11.7. The van der Waals surface area contributed by atoms with Gasteiger partial charge in [-0.05, 0) is 13.3 Å². The van der Waals surface area contributed by atoms with Crippen LogP contribution in [0, 0.1) is 0 Å². The van der Waals surface area contributed by atoms with Gasteiger partial charge in [0.15, 0.2) is 0 Å². The van der Waals surface area contributed by atoms with E-state index in [9.17, 15) is 4.57 Å². The predicted molar refractivity (Wildman–Crippen MR) is 106 cm³/mol. The van der Waals surface area contributed by atoms with Crippen molar-refractivity contribution in [3.63, 3.8) is 0 Å². The standard InChI is InChI=1S/C20H43O3P/c1-4-7-8-9-10-11-12-13-14-15-16-17-18-19-20-23-24(21,6-3)22-5-2/h4-20H2,1-3H3. The van der Waals surface area contributed by atoms with Gasteiger partial charge >= 0.3 is 7.60 Å². The van der Waals surface area contributed by atoms with Crippen LogP contribution < -0.4 is 0 Å². The van der Waals surface area contributed by atoms with Crippen molar-refractivity contribution in [1.29, 1.82) is 0 Å². The van der Waals surface area contributed by atoms with Gasteiger partial charge in [-0.3, -0.25) is 4.57 Å². The van der Waals surface area contributed by atoms with E-state index in [-0.39, 0.29) is 0 Å². The average Bonchev–Trinajstić information content (AvgIpc) is 2.58. The molecular weight excluding hydrogens is 319 g/mol. The second kappa shape index (κ2) is 18.0. The number of unbranched alkanes of at least 4 members (excludes halogenated alkanes) is 13. The van der Waals surface area contributed by atoms with Gasteiger partial charge in [0.05, 0.1) is 13.2 Å². The topological polar surface area (TPSA) is 35.5 Å². The van der Waals surface area contributed by atoms with Crippen molar-refractivity contribution in [2.24, 2.45) is 0 Å². The molecule has 0 heterocycles. The van der Waals surface area contributed by atoms with Crippen molar-refractivity contribution >= 4 is 7.60 Å². The van der Waals surface area contributed by atoms with Gasteiger partial charge in [0, 0.05) is 6.16 Å². The van der Waals surface area contributed by atoms with Crippen molar-refractivity contribution < 1.29 is 13.6 Å². The molecule has 0 aliphatic carbocycles. The Bertz CT molecular complexity index is 295. The van der Waals surface area contributed by atoms with Crippen LogP contribution >= 0.6 is 7.60 Å². The van der Waals surface area contributed by atoms with Gasteiger partial charge in [-0.25, -0.2) is 0 Å². The highest BCUT2D eigenvalue weighted by Crippen LogP contribution is 2.47. The molecule has 0 aromatic rings. The van der Waals surface area contributed by atoms with Gasteiger partial charge in [-0.1, -0.05) is 97.3 Å². The Hall–Kier alpha value is 0.150. The van der Waals surface area contributed by atoms with Crippen LogP contribution in [0.5, 0.6) is 0 Å². The largest absolute Gasteiger partial charge is 0.330 e. The summed E-state index contributed by atoms with van der Waals surface area (Å²) in [6, 6.07) is 0. The fourth-order valence-electron chi connectivity index (χ4n) is 2.92. The Morgan fingerprint density at radius 3 is 1.38 bits per heavy atom. The molecule has 1 unspecified atom stereocenters. The van der Waals surface area contributed by atoms with Crippen LogP contribution in [0.15, 0.2) is 0 Å². The van der Waals surface area contributed by atoms with E-state index in [2.05, 4.69) is 6.92 Å². The highest BCUT2D eigenvalue weighted by atomic mass is 31.2. The summed E-state index contributed by atoms with van der Waals surface area (Å²) in [7, 11) is -2.79. The molecule has 0 saturated carbocycles. The molecule has 0 fully saturated rings. The monoisotopic (exact) mass is 362 g/mol. The quantitative estimate of drug-likeness (QED) is 0.174. The van der Waals surface area contributed by atoms with E-state index < -0.39 is 7.60 Å². The summed E-state index contributed by atoms with van der Waals surface area (Å²) >= 11 is 0. The molecule has 1 atom stereocenters. The van der Waals surface area contributed by atoms with Crippen LogP contribution in [0.2, 0.25) is 0 Å². The lowest BCUT2D eigenvalue weighted by Gasteiger charge is -2.15. The molecular formula is C20H43O3P. The Kier molecular flexibility index (Phi) is 18.1. The molecule has 24 heavy (non-hydrogen) atoms. The molecule has 0 spiro atoms. The van der Waals surface area contributed by atoms with Crippen LogP contribution in [-0.2, 0) is 13.6 Å². The zero-order chi connectivity index (χ0) is 17.9. The van der Waals surface area contributed by atoms with Crippen molar-refractivity contribution in [1.82, 2.24) is 0 Å². The first kappa shape index (κ1) is 24.1.